The third-order valence-corrected chi connectivity index (χ3v) is 4.10. The first-order valence-electron chi connectivity index (χ1n) is 9.41. The van der Waals surface area contributed by atoms with E-state index in [0.29, 0.717) is 0 Å². The fourth-order valence-electron chi connectivity index (χ4n) is 2.83. The molecule has 26 heavy (non-hydrogen) atoms. The number of aliphatic imine (C=N–C) groups is 1. The molecule has 1 fully saturated rings. The van der Waals surface area contributed by atoms with Gasteiger partial charge in [-0.05, 0) is 46.1 Å². The molecule has 2 heterocycles. The highest BCUT2D eigenvalue weighted by molar-refractivity contribution is 14.0. The molecule has 0 aromatic carbocycles. The molecule has 1 aromatic rings. The Hall–Kier alpha value is -0.870. The van der Waals surface area contributed by atoms with Gasteiger partial charge in [0.1, 0.15) is 0 Å². The standard InChI is InChI=1S/C18H33N5O2.HI/c1-4-19-18(21-9-6-11-25-17-7-12-24-14-17)20-8-5-10-23-16(3)13-15(2)22-23;/h13,17H,4-12,14H2,1-3H3,(H2,19,20,21);1H. The summed E-state index contributed by atoms with van der Waals surface area (Å²) in [7, 11) is 0. The van der Waals surface area contributed by atoms with E-state index in [-0.39, 0.29) is 30.1 Å². The number of ether oxygens (including phenoxy) is 2. The molecule has 1 aliphatic heterocycles. The Labute approximate surface area is 174 Å². The predicted octanol–water partition coefficient (Wildman–Crippen LogP) is 2.26. The maximum Gasteiger partial charge on any atom is 0.191 e. The number of rotatable bonds is 10. The Morgan fingerprint density at radius 2 is 2.23 bits per heavy atom. The Morgan fingerprint density at radius 1 is 1.38 bits per heavy atom. The summed E-state index contributed by atoms with van der Waals surface area (Å²) in [5, 5.41) is 11.1. The fourth-order valence-corrected chi connectivity index (χ4v) is 2.83. The van der Waals surface area contributed by atoms with Gasteiger partial charge in [-0.3, -0.25) is 9.67 Å². The van der Waals surface area contributed by atoms with Crippen LogP contribution in [0.4, 0.5) is 0 Å². The lowest BCUT2D eigenvalue weighted by Gasteiger charge is -2.13. The van der Waals surface area contributed by atoms with E-state index < -0.39 is 0 Å². The first kappa shape index (κ1) is 23.2. The Balaban J connectivity index is 0.00000338. The van der Waals surface area contributed by atoms with Gasteiger partial charge in [0, 0.05) is 45.1 Å². The van der Waals surface area contributed by atoms with Gasteiger partial charge in [-0.25, -0.2) is 0 Å². The molecule has 0 aliphatic carbocycles. The van der Waals surface area contributed by atoms with Crippen molar-refractivity contribution in [1.82, 2.24) is 20.4 Å². The number of guanidine groups is 1. The van der Waals surface area contributed by atoms with Gasteiger partial charge >= 0.3 is 0 Å². The first-order chi connectivity index (χ1) is 12.2. The van der Waals surface area contributed by atoms with E-state index >= 15 is 0 Å². The first-order valence-corrected chi connectivity index (χ1v) is 9.41. The van der Waals surface area contributed by atoms with E-state index in [0.717, 1.165) is 76.9 Å². The minimum atomic E-state index is 0. The number of nitrogens with one attached hydrogen (secondary N) is 2. The monoisotopic (exact) mass is 479 g/mol. The number of hydrogen-bond acceptors (Lipinski definition) is 4. The topological polar surface area (TPSA) is 72.7 Å². The fraction of sp³-hybridized carbons (Fsp3) is 0.778. The zero-order valence-corrected chi connectivity index (χ0v) is 18.6. The van der Waals surface area contributed by atoms with Crippen LogP contribution in [0, 0.1) is 13.8 Å². The van der Waals surface area contributed by atoms with Gasteiger partial charge in [-0.2, -0.15) is 5.10 Å². The van der Waals surface area contributed by atoms with Crippen molar-refractivity contribution in [1.29, 1.82) is 0 Å². The lowest BCUT2D eigenvalue weighted by Crippen LogP contribution is -2.38. The molecule has 0 radical (unpaired) electrons. The van der Waals surface area contributed by atoms with Crippen molar-refractivity contribution >= 4 is 29.9 Å². The van der Waals surface area contributed by atoms with Crippen molar-refractivity contribution in [2.75, 3.05) is 39.5 Å². The number of hydrogen-bond donors (Lipinski definition) is 2. The largest absolute Gasteiger partial charge is 0.379 e. The summed E-state index contributed by atoms with van der Waals surface area (Å²) in [5.74, 6) is 0.875. The molecule has 1 aliphatic rings. The van der Waals surface area contributed by atoms with Crippen LogP contribution in [0.15, 0.2) is 11.1 Å². The second kappa shape index (κ2) is 13.3. The molecule has 1 aromatic heterocycles. The van der Waals surface area contributed by atoms with Crippen molar-refractivity contribution in [2.24, 2.45) is 4.99 Å². The molecule has 0 bridgehead atoms. The van der Waals surface area contributed by atoms with E-state index in [1.807, 2.05) is 6.92 Å². The minimum absolute atomic E-state index is 0. The maximum absolute atomic E-state index is 5.77. The van der Waals surface area contributed by atoms with E-state index in [1.54, 1.807) is 0 Å². The van der Waals surface area contributed by atoms with Gasteiger partial charge in [-0.15, -0.1) is 24.0 Å². The van der Waals surface area contributed by atoms with Crippen LogP contribution >= 0.6 is 24.0 Å². The third kappa shape index (κ3) is 8.68. The van der Waals surface area contributed by atoms with Crippen LogP contribution in [0.2, 0.25) is 0 Å². The van der Waals surface area contributed by atoms with Gasteiger partial charge in [0.25, 0.3) is 0 Å². The van der Waals surface area contributed by atoms with Crippen LogP contribution in [0.1, 0.15) is 37.6 Å². The summed E-state index contributed by atoms with van der Waals surface area (Å²) >= 11 is 0. The minimum Gasteiger partial charge on any atom is -0.379 e. The molecule has 8 heteroatoms. The molecule has 7 nitrogen and oxygen atoms in total. The Kier molecular flexibility index (Phi) is 11.9. The average Bonchev–Trinajstić information content (AvgIpc) is 3.20. The molecule has 1 atom stereocenters. The maximum atomic E-state index is 5.77. The number of halogens is 1. The number of aryl methyl sites for hydroxylation is 3. The molecular weight excluding hydrogens is 445 g/mol. The molecule has 0 saturated carbocycles. The SMILES string of the molecule is CCNC(=NCCCn1nc(C)cc1C)NCCCOC1CCOC1.I. The van der Waals surface area contributed by atoms with E-state index in [1.165, 1.54) is 5.69 Å². The highest BCUT2D eigenvalue weighted by Gasteiger charge is 2.15. The zero-order valence-electron chi connectivity index (χ0n) is 16.3. The van der Waals surface area contributed by atoms with Crippen LogP contribution in [-0.4, -0.2) is 61.3 Å². The van der Waals surface area contributed by atoms with Crippen LogP contribution < -0.4 is 10.6 Å². The van der Waals surface area contributed by atoms with Gasteiger partial charge in [0.2, 0.25) is 0 Å². The zero-order chi connectivity index (χ0) is 17.9. The van der Waals surface area contributed by atoms with Crippen LogP contribution in [-0.2, 0) is 16.0 Å². The average molecular weight is 479 g/mol. The van der Waals surface area contributed by atoms with Gasteiger partial charge in [0.05, 0.1) is 18.4 Å². The summed E-state index contributed by atoms with van der Waals surface area (Å²) in [4.78, 5) is 4.63. The Bertz CT molecular complexity index is 530. The molecule has 1 unspecified atom stereocenters. The summed E-state index contributed by atoms with van der Waals surface area (Å²) in [5.41, 5.74) is 2.28. The smallest absolute Gasteiger partial charge is 0.191 e. The van der Waals surface area contributed by atoms with E-state index in [9.17, 15) is 0 Å². The van der Waals surface area contributed by atoms with Crippen molar-refractivity contribution in [3.63, 3.8) is 0 Å². The summed E-state index contributed by atoms with van der Waals surface area (Å²) in [6.45, 7) is 11.9. The Morgan fingerprint density at radius 3 is 2.88 bits per heavy atom. The lowest BCUT2D eigenvalue weighted by molar-refractivity contribution is 0.0420. The van der Waals surface area contributed by atoms with Crippen LogP contribution in [0.5, 0.6) is 0 Å². The summed E-state index contributed by atoms with van der Waals surface area (Å²) in [6.07, 6.45) is 3.25. The second-order valence-corrected chi connectivity index (χ2v) is 6.40. The van der Waals surface area contributed by atoms with Crippen LogP contribution in [0.25, 0.3) is 0 Å². The van der Waals surface area contributed by atoms with Crippen molar-refractivity contribution in [3.8, 4) is 0 Å². The molecular formula is C18H34IN5O2. The molecule has 2 rings (SSSR count). The highest BCUT2D eigenvalue weighted by Crippen LogP contribution is 2.07. The van der Waals surface area contributed by atoms with Crippen molar-refractivity contribution in [3.05, 3.63) is 17.5 Å². The van der Waals surface area contributed by atoms with Gasteiger partial charge in [0.15, 0.2) is 5.96 Å². The molecule has 150 valence electrons. The molecule has 2 N–H and O–H groups in total. The third-order valence-electron chi connectivity index (χ3n) is 4.10. The summed E-state index contributed by atoms with van der Waals surface area (Å²) in [6, 6.07) is 2.11. The molecule has 1 saturated heterocycles. The molecule has 0 spiro atoms. The lowest BCUT2D eigenvalue weighted by atomic mass is 10.3. The van der Waals surface area contributed by atoms with Crippen molar-refractivity contribution in [2.45, 2.75) is 52.7 Å². The second-order valence-electron chi connectivity index (χ2n) is 6.40. The van der Waals surface area contributed by atoms with Crippen molar-refractivity contribution < 1.29 is 9.47 Å². The van der Waals surface area contributed by atoms with Crippen LogP contribution in [0.3, 0.4) is 0 Å². The number of nitrogens with zero attached hydrogens (tertiary/aromatic N) is 3. The predicted molar refractivity (Wildman–Crippen MR) is 116 cm³/mol. The normalized spacial score (nSPS) is 17.2. The van der Waals surface area contributed by atoms with E-state index in [2.05, 4.69) is 45.3 Å². The number of aromatic nitrogens is 2. The van der Waals surface area contributed by atoms with Gasteiger partial charge in [-0.1, -0.05) is 0 Å². The highest BCUT2D eigenvalue weighted by atomic mass is 127. The molecule has 0 amide bonds. The summed E-state index contributed by atoms with van der Waals surface area (Å²) < 4.78 is 13.1. The quantitative estimate of drug-likeness (QED) is 0.233. The van der Waals surface area contributed by atoms with E-state index in [4.69, 9.17) is 9.47 Å². The van der Waals surface area contributed by atoms with Gasteiger partial charge < -0.3 is 20.1 Å².